The highest BCUT2D eigenvalue weighted by molar-refractivity contribution is 5.84. The predicted molar refractivity (Wildman–Crippen MR) is 67.2 cm³/mol. The van der Waals surface area contributed by atoms with E-state index in [-0.39, 0.29) is 11.9 Å². The second-order valence-corrected chi connectivity index (χ2v) is 4.19. The number of carbonyl (C=O) groups excluding carboxylic acids is 1. The number of nitrogens with two attached hydrogens (primary N) is 1. The number of nitrogens with zero attached hydrogens (tertiary/aromatic N) is 1. The van der Waals surface area contributed by atoms with Crippen molar-refractivity contribution in [1.29, 1.82) is 0 Å². The summed E-state index contributed by atoms with van der Waals surface area (Å²) in [5.41, 5.74) is 6.43. The molecule has 1 amide bonds. The Morgan fingerprint density at radius 1 is 1.53 bits per heavy atom. The lowest BCUT2D eigenvalue weighted by molar-refractivity contribution is -0.119. The summed E-state index contributed by atoms with van der Waals surface area (Å²) in [6.45, 7) is 3.46. The zero-order valence-electron chi connectivity index (χ0n) is 10.1. The maximum absolute atomic E-state index is 11.5. The first-order valence-corrected chi connectivity index (χ1v) is 6.02. The number of para-hydroxylation sites is 2. The van der Waals surface area contributed by atoms with E-state index in [2.05, 4.69) is 4.90 Å². The maximum Gasteiger partial charge on any atom is 0.240 e. The topological polar surface area (TPSA) is 55.6 Å². The zero-order valence-corrected chi connectivity index (χ0v) is 10.1. The molecule has 1 aromatic carbocycles. The van der Waals surface area contributed by atoms with Crippen LogP contribution in [0, 0.1) is 0 Å². The van der Waals surface area contributed by atoms with Crippen molar-refractivity contribution in [2.45, 2.75) is 25.8 Å². The molecule has 0 bridgehead atoms. The van der Waals surface area contributed by atoms with Crippen LogP contribution in [-0.2, 0) is 4.79 Å². The third-order valence-electron chi connectivity index (χ3n) is 3.07. The largest absolute Gasteiger partial charge is 0.491 e. The number of fused-ring (bicyclic) bond motifs is 1. The first-order chi connectivity index (χ1) is 8.24. The molecule has 0 saturated carbocycles. The first-order valence-electron chi connectivity index (χ1n) is 6.02. The Morgan fingerprint density at radius 3 is 3.00 bits per heavy atom. The van der Waals surface area contributed by atoms with Gasteiger partial charge in [-0.05, 0) is 25.0 Å². The summed E-state index contributed by atoms with van der Waals surface area (Å²) in [5.74, 6) is 0.564. The van der Waals surface area contributed by atoms with Crippen LogP contribution in [0.5, 0.6) is 5.75 Å². The van der Waals surface area contributed by atoms with Crippen molar-refractivity contribution in [3.8, 4) is 5.75 Å². The van der Waals surface area contributed by atoms with Gasteiger partial charge in [0, 0.05) is 6.54 Å². The zero-order chi connectivity index (χ0) is 12.3. The van der Waals surface area contributed by atoms with E-state index in [9.17, 15) is 4.79 Å². The smallest absolute Gasteiger partial charge is 0.240 e. The fourth-order valence-electron chi connectivity index (χ4n) is 2.25. The molecule has 1 aliphatic heterocycles. The number of rotatable bonds is 3. The van der Waals surface area contributed by atoms with Crippen LogP contribution in [-0.4, -0.2) is 25.1 Å². The Bertz CT molecular complexity index is 406. The Balaban J connectivity index is 2.37. The summed E-state index contributed by atoms with van der Waals surface area (Å²) >= 11 is 0. The van der Waals surface area contributed by atoms with Gasteiger partial charge < -0.3 is 15.4 Å². The normalized spacial score (nSPS) is 16.6. The summed E-state index contributed by atoms with van der Waals surface area (Å²) in [6.07, 6.45) is 1.61. The van der Waals surface area contributed by atoms with Crippen molar-refractivity contribution < 1.29 is 9.53 Å². The molecule has 1 atom stereocenters. The van der Waals surface area contributed by atoms with Crippen LogP contribution in [0.15, 0.2) is 24.3 Å². The fourth-order valence-corrected chi connectivity index (χ4v) is 2.25. The van der Waals surface area contributed by atoms with E-state index < -0.39 is 0 Å². The van der Waals surface area contributed by atoms with Crippen LogP contribution < -0.4 is 15.4 Å². The average Bonchev–Trinajstić information content (AvgIpc) is 2.53. The van der Waals surface area contributed by atoms with Crippen LogP contribution in [0.25, 0.3) is 0 Å². The molecule has 1 unspecified atom stereocenters. The molecule has 0 aromatic heterocycles. The van der Waals surface area contributed by atoms with Crippen LogP contribution >= 0.6 is 0 Å². The number of carbonyl (C=O) groups is 1. The standard InChI is InChI=1S/C13H18N2O2/c1-2-10(13(14)16)15-8-5-9-17-12-7-4-3-6-11(12)15/h3-4,6-7,10H,2,5,8-9H2,1H3,(H2,14,16). The van der Waals surface area contributed by atoms with Gasteiger partial charge in [-0.2, -0.15) is 0 Å². The number of amides is 1. The van der Waals surface area contributed by atoms with Crippen LogP contribution in [0.4, 0.5) is 5.69 Å². The maximum atomic E-state index is 11.5. The van der Waals surface area contributed by atoms with Crippen LogP contribution in [0.2, 0.25) is 0 Å². The lowest BCUT2D eigenvalue weighted by atomic mass is 10.1. The molecule has 0 spiro atoms. The summed E-state index contributed by atoms with van der Waals surface area (Å²) in [5, 5.41) is 0. The van der Waals surface area contributed by atoms with Crippen molar-refractivity contribution in [1.82, 2.24) is 0 Å². The number of benzene rings is 1. The third-order valence-corrected chi connectivity index (χ3v) is 3.07. The molecule has 2 rings (SSSR count). The van der Waals surface area contributed by atoms with Crippen LogP contribution in [0.1, 0.15) is 19.8 Å². The summed E-state index contributed by atoms with van der Waals surface area (Å²) in [6, 6.07) is 7.55. The minimum atomic E-state index is -0.274. The van der Waals surface area contributed by atoms with Crippen molar-refractivity contribution in [3.05, 3.63) is 24.3 Å². The Morgan fingerprint density at radius 2 is 2.29 bits per heavy atom. The predicted octanol–water partition coefficient (Wildman–Crippen LogP) is 1.54. The molecule has 4 heteroatoms. The number of anilines is 1. The quantitative estimate of drug-likeness (QED) is 0.863. The molecule has 4 nitrogen and oxygen atoms in total. The van der Waals surface area contributed by atoms with Gasteiger partial charge in [0.05, 0.1) is 12.3 Å². The SMILES string of the molecule is CCC(C(N)=O)N1CCCOc2ccccc21. The molecule has 1 aliphatic rings. The molecule has 1 aromatic rings. The minimum Gasteiger partial charge on any atom is -0.491 e. The van der Waals surface area contributed by atoms with E-state index in [0.29, 0.717) is 13.0 Å². The van der Waals surface area contributed by atoms with E-state index in [1.807, 2.05) is 31.2 Å². The minimum absolute atomic E-state index is 0.252. The molecule has 0 aliphatic carbocycles. The van der Waals surface area contributed by atoms with Gasteiger partial charge in [-0.25, -0.2) is 0 Å². The Labute approximate surface area is 101 Å². The van der Waals surface area contributed by atoms with Gasteiger partial charge in [0.15, 0.2) is 0 Å². The first kappa shape index (κ1) is 11.8. The molecule has 1 heterocycles. The Hall–Kier alpha value is -1.71. The van der Waals surface area contributed by atoms with Crippen molar-refractivity contribution >= 4 is 11.6 Å². The summed E-state index contributed by atoms with van der Waals surface area (Å²) in [7, 11) is 0. The molecular formula is C13H18N2O2. The molecule has 0 fully saturated rings. The molecule has 0 radical (unpaired) electrons. The van der Waals surface area contributed by atoms with Crippen molar-refractivity contribution in [2.75, 3.05) is 18.1 Å². The second-order valence-electron chi connectivity index (χ2n) is 4.19. The summed E-state index contributed by atoms with van der Waals surface area (Å²) in [4.78, 5) is 13.6. The molecule has 17 heavy (non-hydrogen) atoms. The van der Waals surface area contributed by atoms with Gasteiger partial charge in [0.1, 0.15) is 11.8 Å². The van der Waals surface area contributed by atoms with Gasteiger partial charge in [0.2, 0.25) is 5.91 Å². The number of hydrogen-bond donors (Lipinski definition) is 1. The van der Waals surface area contributed by atoms with E-state index in [1.165, 1.54) is 0 Å². The molecule has 0 saturated heterocycles. The number of ether oxygens (including phenoxy) is 1. The lowest BCUT2D eigenvalue weighted by Gasteiger charge is -2.30. The van der Waals surface area contributed by atoms with E-state index in [4.69, 9.17) is 10.5 Å². The lowest BCUT2D eigenvalue weighted by Crippen LogP contribution is -2.44. The Kier molecular flexibility index (Phi) is 3.52. The van der Waals surface area contributed by atoms with E-state index >= 15 is 0 Å². The van der Waals surface area contributed by atoms with Gasteiger partial charge >= 0.3 is 0 Å². The fraction of sp³-hybridized carbons (Fsp3) is 0.462. The highest BCUT2D eigenvalue weighted by Crippen LogP contribution is 2.32. The molecule has 92 valence electrons. The highest BCUT2D eigenvalue weighted by Gasteiger charge is 2.25. The monoisotopic (exact) mass is 234 g/mol. The second kappa shape index (κ2) is 5.08. The van der Waals surface area contributed by atoms with E-state index in [0.717, 1.165) is 24.4 Å². The van der Waals surface area contributed by atoms with Crippen molar-refractivity contribution in [3.63, 3.8) is 0 Å². The van der Waals surface area contributed by atoms with Gasteiger partial charge in [-0.15, -0.1) is 0 Å². The highest BCUT2D eigenvalue weighted by atomic mass is 16.5. The number of hydrogen-bond acceptors (Lipinski definition) is 3. The third kappa shape index (κ3) is 2.35. The average molecular weight is 234 g/mol. The van der Waals surface area contributed by atoms with Gasteiger partial charge in [-0.3, -0.25) is 4.79 Å². The van der Waals surface area contributed by atoms with Crippen molar-refractivity contribution in [2.24, 2.45) is 5.73 Å². The van der Waals surface area contributed by atoms with Gasteiger partial charge in [0.25, 0.3) is 0 Å². The van der Waals surface area contributed by atoms with E-state index in [1.54, 1.807) is 0 Å². The van der Waals surface area contributed by atoms with Crippen LogP contribution in [0.3, 0.4) is 0 Å². The molecule has 2 N–H and O–H groups in total. The van der Waals surface area contributed by atoms with Gasteiger partial charge in [-0.1, -0.05) is 19.1 Å². The summed E-state index contributed by atoms with van der Waals surface area (Å²) < 4.78 is 5.66. The molecular weight excluding hydrogens is 216 g/mol. The number of primary amides is 1.